The van der Waals surface area contributed by atoms with Crippen molar-refractivity contribution in [3.05, 3.63) is 42.5 Å². The van der Waals surface area contributed by atoms with Gasteiger partial charge in [0.15, 0.2) is 0 Å². The molecule has 3 heteroatoms. The fourth-order valence-electron chi connectivity index (χ4n) is 0.860. The van der Waals surface area contributed by atoms with E-state index in [-0.39, 0.29) is 0 Å². The van der Waals surface area contributed by atoms with Gasteiger partial charge in [-0.3, -0.25) is 0 Å². The molecule has 0 aliphatic rings. The number of primary amides is 1. The molecule has 0 saturated heterocycles. The van der Waals surface area contributed by atoms with Crippen molar-refractivity contribution in [1.82, 2.24) is 5.32 Å². The fourth-order valence-corrected chi connectivity index (χ4v) is 0.860. The predicted octanol–water partition coefficient (Wildman–Crippen LogP) is 1.33. The van der Waals surface area contributed by atoms with Gasteiger partial charge in [0.1, 0.15) is 0 Å². The van der Waals surface area contributed by atoms with Crippen LogP contribution in [0.25, 0.3) is 5.70 Å². The molecule has 0 aliphatic heterocycles. The Balaban J connectivity index is 2.73. The van der Waals surface area contributed by atoms with Crippen LogP contribution in [0.4, 0.5) is 4.79 Å². The topological polar surface area (TPSA) is 55.1 Å². The number of amides is 2. The summed E-state index contributed by atoms with van der Waals surface area (Å²) >= 11 is 0. The van der Waals surface area contributed by atoms with Crippen molar-refractivity contribution in [3.63, 3.8) is 0 Å². The van der Waals surface area contributed by atoms with Gasteiger partial charge in [0, 0.05) is 5.70 Å². The number of hydrogen-bond acceptors (Lipinski definition) is 1. The SMILES string of the molecule is C=C(NC(N)=O)c1ccccc1. The van der Waals surface area contributed by atoms with E-state index in [0.29, 0.717) is 5.70 Å². The minimum Gasteiger partial charge on any atom is -0.351 e. The summed E-state index contributed by atoms with van der Waals surface area (Å²) in [6.45, 7) is 3.65. The zero-order valence-electron chi connectivity index (χ0n) is 6.58. The summed E-state index contributed by atoms with van der Waals surface area (Å²) in [5, 5.41) is 2.40. The van der Waals surface area contributed by atoms with Crippen LogP contribution in [0.15, 0.2) is 36.9 Å². The van der Waals surface area contributed by atoms with Gasteiger partial charge >= 0.3 is 6.03 Å². The van der Waals surface area contributed by atoms with Crippen molar-refractivity contribution in [2.24, 2.45) is 5.73 Å². The second kappa shape index (κ2) is 3.57. The van der Waals surface area contributed by atoms with E-state index in [1.807, 2.05) is 30.3 Å². The first-order valence-corrected chi connectivity index (χ1v) is 3.51. The van der Waals surface area contributed by atoms with Gasteiger partial charge in [0.2, 0.25) is 0 Å². The summed E-state index contributed by atoms with van der Waals surface area (Å²) in [4.78, 5) is 10.4. The lowest BCUT2D eigenvalue weighted by Gasteiger charge is -2.04. The van der Waals surface area contributed by atoms with Crippen LogP contribution in [0.5, 0.6) is 0 Å². The maximum Gasteiger partial charge on any atom is 0.316 e. The number of carbonyl (C=O) groups excluding carboxylic acids is 1. The number of benzene rings is 1. The van der Waals surface area contributed by atoms with E-state index in [0.717, 1.165) is 5.56 Å². The van der Waals surface area contributed by atoms with Crippen molar-refractivity contribution < 1.29 is 4.79 Å². The zero-order valence-corrected chi connectivity index (χ0v) is 6.58. The van der Waals surface area contributed by atoms with Crippen LogP contribution in [-0.4, -0.2) is 6.03 Å². The lowest BCUT2D eigenvalue weighted by Crippen LogP contribution is -2.27. The molecule has 0 aliphatic carbocycles. The number of rotatable bonds is 2. The first-order valence-electron chi connectivity index (χ1n) is 3.51. The highest BCUT2D eigenvalue weighted by atomic mass is 16.2. The van der Waals surface area contributed by atoms with E-state index in [4.69, 9.17) is 5.73 Å². The van der Waals surface area contributed by atoms with Gasteiger partial charge in [-0.25, -0.2) is 4.79 Å². The zero-order chi connectivity index (χ0) is 8.97. The molecule has 0 unspecified atom stereocenters. The van der Waals surface area contributed by atoms with Crippen molar-refractivity contribution in [3.8, 4) is 0 Å². The Morgan fingerprint density at radius 2 is 1.92 bits per heavy atom. The Hall–Kier alpha value is -1.77. The van der Waals surface area contributed by atoms with E-state index >= 15 is 0 Å². The third kappa shape index (κ3) is 2.12. The van der Waals surface area contributed by atoms with Crippen molar-refractivity contribution >= 4 is 11.7 Å². The number of nitrogens with one attached hydrogen (secondary N) is 1. The summed E-state index contributed by atoms with van der Waals surface area (Å²) in [7, 11) is 0. The predicted molar refractivity (Wildman–Crippen MR) is 48.2 cm³/mol. The highest BCUT2D eigenvalue weighted by Crippen LogP contribution is 2.06. The number of hydrogen-bond donors (Lipinski definition) is 2. The lowest BCUT2D eigenvalue weighted by atomic mass is 10.2. The van der Waals surface area contributed by atoms with Crippen LogP contribution in [0.3, 0.4) is 0 Å². The highest BCUT2D eigenvalue weighted by molar-refractivity contribution is 5.83. The summed E-state index contributed by atoms with van der Waals surface area (Å²) in [5.74, 6) is 0. The second-order valence-electron chi connectivity index (χ2n) is 2.33. The summed E-state index contributed by atoms with van der Waals surface area (Å²) in [6, 6.07) is 8.72. The van der Waals surface area contributed by atoms with E-state index in [2.05, 4.69) is 11.9 Å². The first-order chi connectivity index (χ1) is 5.70. The third-order valence-electron chi connectivity index (χ3n) is 1.40. The van der Waals surface area contributed by atoms with E-state index in [9.17, 15) is 4.79 Å². The normalized spacial score (nSPS) is 9.00. The van der Waals surface area contributed by atoms with E-state index < -0.39 is 6.03 Å². The molecule has 0 aromatic heterocycles. The molecule has 0 bridgehead atoms. The molecule has 0 radical (unpaired) electrons. The second-order valence-corrected chi connectivity index (χ2v) is 2.33. The van der Waals surface area contributed by atoms with Crippen molar-refractivity contribution in [2.45, 2.75) is 0 Å². The molecule has 0 spiro atoms. The molecule has 1 aromatic carbocycles. The van der Waals surface area contributed by atoms with Gasteiger partial charge in [-0.05, 0) is 5.56 Å². The molecule has 0 saturated carbocycles. The Morgan fingerprint density at radius 1 is 1.33 bits per heavy atom. The van der Waals surface area contributed by atoms with Gasteiger partial charge in [-0.1, -0.05) is 36.9 Å². The third-order valence-corrected chi connectivity index (χ3v) is 1.40. The highest BCUT2D eigenvalue weighted by Gasteiger charge is 1.98. The average Bonchev–Trinajstić information content (AvgIpc) is 2.05. The largest absolute Gasteiger partial charge is 0.351 e. The molecule has 62 valence electrons. The first kappa shape index (κ1) is 8.33. The molecule has 12 heavy (non-hydrogen) atoms. The van der Waals surface area contributed by atoms with Gasteiger partial charge in [0.05, 0.1) is 0 Å². The summed E-state index contributed by atoms with van der Waals surface area (Å²) in [6.07, 6.45) is 0. The summed E-state index contributed by atoms with van der Waals surface area (Å²) in [5.41, 5.74) is 6.29. The molecular weight excluding hydrogens is 152 g/mol. The van der Waals surface area contributed by atoms with Crippen LogP contribution in [0.2, 0.25) is 0 Å². The number of nitrogens with two attached hydrogens (primary N) is 1. The fraction of sp³-hybridized carbons (Fsp3) is 0. The molecule has 3 nitrogen and oxygen atoms in total. The van der Waals surface area contributed by atoms with Gasteiger partial charge in [0.25, 0.3) is 0 Å². The van der Waals surface area contributed by atoms with Crippen molar-refractivity contribution in [2.75, 3.05) is 0 Å². The van der Waals surface area contributed by atoms with Gasteiger partial charge in [-0.2, -0.15) is 0 Å². The Bertz CT molecular complexity index is 293. The van der Waals surface area contributed by atoms with Crippen LogP contribution in [-0.2, 0) is 0 Å². The van der Waals surface area contributed by atoms with Crippen LogP contribution in [0, 0.1) is 0 Å². The molecule has 1 rings (SSSR count). The Kier molecular flexibility index (Phi) is 2.48. The monoisotopic (exact) mass is 162 g/mol. The summed E-state index contributed by atoms with van der Waals surface area (Å²) < 4.78 is 0. The molecule has 2 amide bonds. The maximum atomic E-state index is 10.4. The van der Waals surface area contributed by atoms with E-state index in [1.165, 1.54) is 0 Å². The molecule has 3 N–H and O–H groups in total. The minimum absolute atomic E-state index is 0.517. The number of urea groups is 1. The van der Waals surface area contributed by atoms with E-state index in [1.54, 1.807) is 0 Å². The average molecular weight is 162 g/mol. The quantitative estimate of drug-likeness (QED) is 0.677. The number of carbonyl (C=O) groups is 1. The maximum absolute atomic E-state index is 10.4. The minimum atomic E-state index is -0.594. The van der Waals surface area contributed by atoms with Crippen LogP contribution < -0.4 is 11.1 Å². The molecule has 0 atom stereocenters. The smallest absolute Gasteiger partial charge is 0.316 e. The van der Waals surface area contributed by atoms with Crippen LogP contribution >= 0.6 is 0 Å². The Morgan fingerprint density at radius 3 is 2.42 bits per heavy atom. The van der Waals surface area contributed by atoms with Gasteiger partial charge in [-0.15, -0.1) is 0 Å². The molecular formula is C9H10N2O. The molecule has 0 fully saturated rings. The van der Waals surface area contributed by atoms with Gasteiger partial charge < -0.3 is 11.1 Å². The molecule has 0 heterocycles. The standard InChI is InChI=1S/C9H10N2O/c1-7(11-9(10)12)8-5-3-2-4-6-8/h2-6H,1H2,(H3,10,11,12). The lowest BCUT2D eigenvalue weighted by molar-refractivity contribution is 0.252. The van der Waals surface area contributed by atoms with Crippen molar-refractivity contribution in [1.29, 1.82) is 0 Å². The molecule has 1 aromatic rings. The van der Waals surface area contributed by atoms with Crippen LogP contribution in [0.1, 0.15) is 5.56 Å². The Labute approximate surface area is 70.9 Å².